The van der Waals surface area contributed by atoms with Gasteiger partial charge in [-0.2, -0.15) is 9.61 Å². The van der Waals surface area contributed by atoms with E-state index in [4.69, 9.17) is 5.73 Å². The van der Waals surface area contributed by atoms with Gasteiger partial charge in [-0.1, -0.05) is 0 Å². The van der Waals surface area contributed by atoms with E-state index in [9.17, 15) is 0 Å². The minimum Gasteiger partial charge on any atom is -0.381 e. The Morgan fingerprint density at radius 1 is 1.43 bits per heavy atom. The van der Waals surface area contributed by atoms with E-state index in [1.54, 1.807) is 10.8 Å². The topological polar surface area (TPSA) is 94.0 Å². The molecule has 0 unspecified atom stereocenters. The molecule has 3 N–H and O–H groups in total. The zero-order chi connectivity index (χ0) is 14.2. The van der Waals surface area contributed by atoms with E-state index < -0.39 is 0 Å². The Hall–Kier alpha value is -2.22. The van der Waals surface area contributed by atoms with Crippen LogP contribution >= 0.6 is 11.3 Å². The van der Waals surface area contributed by atoms with Crippen LogP contribution in [0.4, 0.5) is 10.8 Å². The predicted octanol–water partition coefficient (Wildman–Crippen LogP) is 1.69. The fourth-order valence-electron chi connectivity index (χ4n) is 2.32. The van der Waals surface area contributed by atoms with E-state index >= 15 is 0 Å². The Morgan fingerprint density at radius 3 is 3.10 bits per heavy atom. The molecule has 3 aromatic heterocycles. The molecule has 3 heterocycles. The number of nitrogens with two attached hydrogens (primary N) is 1. The van der Waals surface area contributed by atoms with Gasteiger partial charge in [0.25, 0.3) is 0 Å². The summed E-state index contributed by atoms with van der Waals surface area (Å²) in [4.78, 5) is 4.26. The van der Waals surface area contributed by atoms with Crippen LogP contribution in [-0.4, -0.2) is 31.3 Å². The van der Waals surface area contributed by atoms with Crippen molar-refractivity contribution in [3.8, 4) is 0 Å². The van der Waals surface area contributed by atoms with Crippen molar-refractivity contribution in [2.45, 2.75) is 25.2 Å². The largest absolute Gasteiger partial charge is 0.381 e. The number of aromatic nitrogens is 5. The Morgan fingerprint density at radius 2 is 2.33 bits per heavy atom. The third-order valence-electron chi connectivity index (χ3n) is 3.55. The lowest BCUT2D eigenvalue weighted by Gasteiger charge is -2.08. The Bertz CT molecular complexity index is 774. The molecule has 4 rings (SSSR count). The number of nitrogens with one attached hydrogen (secondary N) is 1. The van der Waals surface area contributed by atoms with Crippen molar-refractivity contribution in [2.24, 2.45) is 0 Å². The fourth-order valence-corrected chi connectivity index (χ4v) is 2.91. The highest BCUT2D eigenvalue weighted by Gasteiger charge is 2.26. The molecule has 0 amide bonds. The van der Waals surface area contributed by atoms with Crippen LogP contribution in [0.15, 0.2) is 17.8 Å². The minimum absolute atomic E-state index is 0.593. The van der Waals surface area contributed by atoms with Gasteiger partial charge >= 0.3 is 0 Å². The summed E-state index contributed by atoms with van der Waals surface area (Å²) >= 11 is 1.47. The number of nitrogens with zero attached hydrogens (tertiary/aromatic N) is 5. The summed E-state index contributed by atoms with van der Waals surface area (Å²) in [5, 5.41) is 18.6. The summed E-state index contributed by atoms with van der Waals surface area (Å²) in [6, 6.07) is 2.09. The zero-order valence-corrected chi connectivity index (χ0v) is 12.2. The maximum absolute atomic E-state index is 5.64. The van der Waals surface area contributed by atoms with Gasteiger partial charge in [-0.25, -0.2) is 4.98 Å². The van der Waals surface area contributed by atoms with E-state index in [2.05, 4.69) is 31.7 Å². The molecule has 21 heavy (non-hydrogen) atoms. The fraction of sp³-hybridized carbons (Fsp3) is 0.385. The van der Waals surface area contributed by atoms with Crippen molar-refractivity contribution in [3.05, 3.63) is 29.2 Å². The normalized spacial score (nSPS) is 14.7. The first kappa shape index (κ1) is 12.5. The molecule has 1 aliphatic rings. The van der Waals surface area contributed by atoms with Gasteiger partial charge in [0.05, 0.1) is 17.1 Å². The van der Waals surface area contributed by atoms with Crippen molar-refractivity contribution in [3.63, 3.8) is 0 Å². The molecule has 1 saturated carbocycles. The number of fused-ring (bicyclic) bond motifs is 1. The average molecular weight is 301 g/mol. The van der Waals surface area contributed by atoms with Crippen LogP contribution in [0.2, 0.25) is 0 Å². The number of thiazole rings is 1. The second-order valence-electron chi connectivity index (χ2n) is 5.21. The molecular weight excluding hydrogens is 286 g/mol. The average Bonchev–Trinajstić information content (AvgIpc) is 3.08. The third-order valence-corrected chi connectivity index (χ3v) is 4.27. The summed E-state index contributed by atoms with van der Waals surface area (Å²) in [6.45, 7) is 0.778. The molecule has 108 valence electrons. The van der Waals surface area contributed by atoms with Crippen molar-refractivity contribution in [1.29, 1.82) is 0 Å². The summed E-state index contributed by atoms with van der Waals surface area (Å²) in [6.07, 6.45) is 4.92. The third kappa shape index (κ3) is 2.54. The Balaban J connectivity index is 1.53. The molecule has 0 saturated heterocycles. The van der Waals surface area contributed by atoms with Gasteiger partial charge in [0, 0.05) is 24.3 Å². The Labute approximate surface area is 125 Å². The molecule has 7 nitrogen and oxygen atoms in total. The summed E-state index contributed by atoms with van der Waals surface area (Å²) in [7, 11) is 0. The number of nitrogen functional groups attached to an aromatic ring is 1. The zero-order valence-electron chi connectivity index (χ0n) is 11.4. The van der Waals surface area contributed by atoms with Crippen molar-refractivity contribution >= 4 is 27.8 Å². The molecule has 8 heteroatoms. The standard InChI is InChI=1S/C13H15N7S/c14-13-17-9(6-21-13)3-4-15-11-5-10(8-1-2-8)19-20-7-16-18-12(11)20/h5-8,15H,1-4H2,(H2,14,17). The molecule has 0 aromatic carbocycles. The highest BCUT2D eigenvalue weighted by atomic mass is 32.1. The van der Waals surface area contributed by atoms with Gasteiger partial charge in [0.1, 0.15) is 6.33 Å². The molecule has 1 fully saturated rings. The van der Waals surface area contributed by atoms with Crippen molar-refractivity contribution < 1.29 is 0 Å². The van der Waals surface area contributed by atoms with Crippen LogP contribution in [-0.2, 0) is 6.42 Å². The second kappa shape index (κ2) is 4.96. The van der Waals surface area contributed by atoms with Gasteiger partial charge in [-0.05, 0) is 18.9 Å². The second-order valence-corrected chi connectivity index (χ2v) is 6.10. The molecule has 0 bridgehead atoms. The van der Waals surface area contributed by atoms with E-state index in [0.717, 1.165) is 35.7 Å². The van der Waals surface area contributed by atoms with Crippen LogP contribution < -0.4 is 11.1 Å². The van der Waals surface area contributed by atoms with Gasteiger partial charge < -0.3 is 11.1 Å². The van der Waals surface area contributed by atoms with Crippen LogP contribution in [0.5, 0.6) is 0 Å². The molecule has 0 aliphatic heterocycles. The Kier molecular flexibility index (Phi) is 2.95. The predicted molar refractivity (Wildman–Crippen MR) is 81.5 cm³/mol. The maximum Gasteiger partial charge on any atom is 0.200 e. The van der Waals surface area contributed by atoms with Crippen LogP contribution in [0, 0.1) is 0 Å². The van der Waals surface area contributed by atoms with Crippen LogP contribution in [0.25, 0.3) is 5.65 Å². The maximum atomic E-state index is 5.64. The summed E-state index contributed by atoms with van der Waals surface area (Å²) < 4.78 is 1.75. The first-order valence-electron chi connectivity index (χ1n) is 6.94. The van der Waals surface area contributed by atoms with Gasteiger partial charge in [0.2, 0.25) is 5.65 Å². The first-order chi connectivity index (χ1) is 10.3. The highest BCUT2D eigenvalue weighted by molar-refractivity contribution is 7.13. The van der Waals surface area contributed by atoms with Gasteiger partial charge in [-0.3, -0.25) is 0 Å². The van der Waals surface area contributed by atoms with E-state index in [1.807, 2.05) is 5.38 Å². The van der Waals surface area contributed by atoms with Crippen LogP contribution in [0.3, 0.4) is 0 Å². The molecule has 0 radical (unpaired) electrons. The van der Waals surface area contributed by atoms with E-state index in [0.29, 0.717) is 11.0 Å². The number of hydrogen-bond acceptors (Lipinski definition) is 7. The molecular formula is C13H15N7S. The lowest BCUT2D eigenvalue weighted by molar-refractivity contribution is 0.849. The quantitative estimate of drug-likeness (QED) is 0.745. The molecule has 0 atom stereocenters. The molecule has 1 aliphatic carbocycles. The lowest BCUT2D eigenvalue weighted by Crippen LogP contribution is -2.08. The first-order valence-corrected chi connectivity index (χ1v) is 7.82. The van der Waals surface area contributed by atoms with E-state index in [-0.39, 0.29) is 0 Å². The van der Waals surface area contributed by atoms with Gasteiger partial charge in [-0.15, -0.1) is 21.5 Å². The molecule has 0 spiro atoms. The summed E-state index contributed by atoms with van der Waals surface area (Å²) in [5.41, 5.74) is 9.51. The monoisotopic (exact) mass is 301 g/mol. The number of hydrogen-bond donors (Lipinski definition) is 2. The van der Waals surface area contributed by atoms with E-state index in [1.165, 1.54) is 24.2 Å². The lowest BCUT2D eigenvalue weighted by atomic mass is 10.2. The summed E-state index contributed by atoms with van der Waals surface area (Å²) in [5.74, 6) is 0.593. The highest BCUT2D eigenvalue weighted by Crippen LogP contribution is 2.39. The van der Waals surface area contributed by atoms with Crippen molar-refractivity contribution in [2.75, 3.05) is 17.6 Å². The molecule has 3 aromatic rings. The smallest absolute Gasteiger partial charge is 0.200 e. The minimum atomic E-state index is 0.593. The number of rotatable bonds is 5. The van der Waals surface area contributed by atoms with Crippen LogP contribution in [0.1, 0.15) is 30.1 Å². The number of anilines is 2. The SMILES string of the molecule is Nc1nc(CCNc2cc(C3CC3)nn3cnnc23)cs1. The van der Waals surface area contributed by atoms with Gasteiger partial charge in [0.15, 0.2) is 5.13 Å². The van der Waals surface area contributed by atoms with Crippen molar-refractivity contribution in [1.82, 2.24) is 24.8 Å².